The molecule has 116 valence electrons. The van der Waals surface area contributed by atoms with E-state index in [4.69, 9.17) is 0 Å². The molecule has 0 aliphatic heterocycles. The Labute approximate surface area is 131 Å². The number of hydrogen-bond acceptors (Lipinski definition) is 6. The number of urea groups is 1. The van der Waals surface area contributed by atoms with Gasteiger partial charge in [-0.25, -0.2) is 9.78 Å². The summed E-state index contributed by atoms with van der Waals surface area (Å²) in [7, 11) is 1.47. The number of carbonyl (C=O) groups excluding carboxylic acids is 2. The number of fused-ring (bicyclic) bond motifs is 2. The van der Waals surface area contributed by atoms with Gasteiger partial charge in [-0.15, -0.1) is 0 Å². The summed E-state index contributed by atoms with van der Waals surface area (Å²) in [6.45, 7) is 0. The average Bonchev–Trinajstić information content (AvgIpc) is 2.99. The highest BCUT2D eigenvalue weighted by Crippen LogP contribution is 2.30. The standard InChI is InChI=1S/C13H16N6O2S/c1-14-13(21)18-10(20)6-22-11-8-4-2-3-5-9(8)17-12-15-7-16-19(11)12/h7H,2-6H2,1H3,(H2,14,18,20,21). The van der Waals surface area contributed by atoms with Gasteiger partial charge in [-0.1, -0.05) is 11.8 Å². The molecule has 0 aromatic carbocycles. The van der Waals surface area contributed by atoms with Crippen LogP contribution in [0.4, 0.5) is 4.79 Å². The van der Waals surface area contributed by atoms with E-state index in [1.807, 2.05) is 0 Å². The van der Waals surface area contributed by atoms with Crippen LogP contribution in [0.15, 0.2) is 11.4 Å². The van der Waals surface area contributed by atoms with Crippen LogP contribution in [0.25, 0.3) is 5.78 Å². The molecule has 22 heavy (non-hydrogen) atoms. The zero-order chi connectivity index (χ0) is 15.5. The fraction of sp³-hybridized carbons (Fsp3) is 0.462. The minimum absolute atomic E-state index is 0.138. The molecule has 3 rings (SSSR count). The van der Waals surface area contributed by atoms with Crippen LogP contribution < -0.4 is 10.6 Å². The maximum Gasteiger partial charge on any atom is 0.321 e. The lowest BCUT2D eigenvalue weighted by atomic mass is 9.97. The van der Waals surface area contributed by atoms with E-state index >= 15 is 0 Å². The maximum atomic E-state index is 11.8. The number of nitrogens with one attached hydrogen (secondary N) is 2. The first-order chi connectivity index (χ1) is 10.7. The summed E-state index contributed by atoms with van der Waals surface area (Å²) in [5.41, 5.74) is 2.18. The molecule has 3 amide bonds. The Morgan fingerprint density at radius 1 is 1.36 bits per heavy atom. The Balaban J connectivity index is 1.84. The molecule has 2 aromatic rings. The Bertz CT molecular complexity index is 729. The highest BCUT2D eigenvalue weighted by molar-refractivity contribution is 8.00. The van der Waals surface area contributed by atoms with Gasteiger partial charge in [0.2, 0.25) is 5.91 Å². The van der Waals surface area contributed by atoms with Crippen LogP contribution in [0.1, 0.15) is 24.1 Å². The second-order valence-electron chi connectivity index (χ2n) is 4.94. The molecule has 9 heteroatoms. The number of thioether (sulfide) groups is 1. The second-order valence-corrected chi connectivity index (χ2v) is 5.90. The number of nitrogens with zero attached hydrogens (tertiary/aromatic N) is 4. The van der Waals surface area contributed by atoms with E-state index in [-0.39, 0.29) is 11.7 Å². The largest absolute Gasteiger partial charge is 0.341 e. The third-order valence-corrected chi connectivity index (χ3v) is 4.57. The van der Waals surface area contributed by atoms with Gasteiger partial charge >= 0.3 is 6.03 Å². The van der Waals surface area contributed by atoms with E-state index in [0.717, 1.165) is 42.0 Å². The lowest BCUT2D eigenvalue weighted by Crippen LogP contribution is -2.38. The summed E-state index contributed by atoms with van der Waals surface area (Å²) < 4.78 is 1.67. The van der Waals surface area contributed by atoms with Gasteiger partial charge in [0.1, 0.15) is 11.4 Å². The number of amides is 3. The first kappa shape index (κ1) is 14.8. The maximum absolute atomic E-state index is 11.8. The molecular weight excluding hydrogens is 304 g/mol. The summed E-state index contributed by atoms with van der Waals surface area (Å²) in [5, 5.41) is 9.69. The molecule has 1 aliphatic carbocycles. The highest BCUT2D eigenvalue weighted by Gasteiger charge is 2.20. The summed E-state index contributed by atoms with van der Waals surface area (Å²) in [4.78, 5) is 31.6. The minimum atomic E-state index is -0.506. The molecule has 0 radical (unpaired) electrons. The van der Waals surface area contributed by atoms with E-state index in [1.54, 1.807) is 4.52 Å². The van der Waals surface area contributed by atoms with Gasteiger partial charge in [-0.2, -0.15) is 14.6 Å². The molecule has 0 atom stereocenters. The summed E-state index contributed by atoms with van der Waals surface area (Å²) in [6, 6.07) is -0.506. The lowest BCUT2D eigenvalue weighted by Gasteiger charge is -2.18. The van der Waals surface area contributed by atoms with E-state index in [1.165, 1.54) is 25.1 Å². The lowest BCUT2D eigenvalue weighted by molar-refractivity contribution is -0.117. The van der Waals surface area contributed by atoms with Crippen LogP contribution in [0.3, 0.4) is 0 Å². The monoisotopic (exact) mass is 320 g/mol. The molecule has 1 aliphatic rings. The van der Waals surface area contributed by atoms with Crippen molar-refractivity contribution in [3.05, 3.63) is 17.6 Å². The number of aromatic nitrogens is 4. The first-order valence-corrected chi connectivity index (χ1v) is 8.03. The first-order valence-electron chi connectivity index (χ1n) is 7.05. The zero-order valence-electron chi connectivity index (χ0n) is 12.1. The van der Waals surface area contributed by atoms with Gasteiger partial charge in [-0.3, -0.25) is 10.1 Å². The quantitative estimate of drug-likeness (QED) is 0.633. The van der Waals surface area contributed by atoms with Gasteiger partial charge in [-0.05, 0) is 25.7 Å². The third-order valence-electron chi connectivity index (χ3n) is 3.47. The van der Waals surface area contributed by atoms with E-state index < -0.39 is 6.03 Å². The zero-order valence-corrected chi connectivity index (χ0v) is 12.9. The molecule has 0 unspecified atom stereocenters. The van der Waals surface area contributed by atoms with Gasteiger partial charge < -0.3 is 5.32 Å². The van der Waals surface area contributed by atoms with Crippen molar-refractivity contribution in [2.45, 2.75) is 30.7 Å². The number of carbonyl (C=O) groups is 2. The molecule has 2 aromatic heterocycles. The number of imide groups is 1. The van der Waals surface area contributed by atoms with Crippen LogP contribution in [0.5, 0.6) is 0 Å². The van der Waals surface area contributed by atoms with Gasteiger partial charge in [0.25, 0.3) is 5.78 Å². The van der Waals surface area contributed by atoms with Crippen molar-refractivity contribution in [3.8, 4) is 0 Å². The summed E-state index contributed by atoms with van der Waals surface area (Å²) >= 11 is 1.36. The number of hydrogen-bond donors (Lipinski definition) is 2. The van der Waals surface area contributed by atoms with Crippen molar-refractivity contribution in [1.29, 1.82) is 0 Å². The SMILES string of the molecule is CNC(=O)NC(=O)CSc1c2c(nc3ncnn13)CCCC2. The molecule has 0 saturated carbocycles. The van der Waals surface area contributed by atoms with Crippen molar-refractivity contribution in [2.24, 2.45) is 0 Å². The predicted molar refractivity (Wildman–Crippen MR) is 80.7 cm³/mol. The van der Waals surface area contributed by atoms with Gasteiger partial charge in [0.15, 0.2) is 0 Å². The Morgan fingerprint density at radius 2 is 2.18 bits per heavy atom. The number of rotatable bonds is 3. The molecule has 2 heterocycles. The van der Waals surface area contributed by atoms with Gasteiger partial charge in [0.05, 0.1) is 11.4 Å². The van der Waals surface area contributed by atoms with Gasteiger partial charge in [0, 0.05) is 12.6 Å². The van der Waals surface area contributed by atoms with E-state index in [0.29, 0.717) is 5.78 Å². The van der Waals surface area contributed by atoms with Crippen molar-refractivity contribution >= 4 is 29.5 Å². The molecular formula is C13H16N6O2S. The summed E-state index contributed by atoms with van der Waals surface area (Å²) in [6.07, 6.45) is 5.54. The van der Waals surface area contributed by atoms with Crippen LogP contribution in [-0.2, 0) is 17.6 Å². The normalized spacial score (nSPS) is 13.7. The molecule has 8 nitrogen and oxygen atoms in total. The predicted octanol–water partition coefficient (Wildman–Crippen LogP) is 0.551. The van der Waals surface area contributed by atoms with Crippen LogP contribution in [-0.4, -0.2) is 44.3 Å². The minimum Gasteiger partial charge on any atom is -0.341 e. The van der Waals surface area contributed by atoms with E-state index in [2.05, 4.69) is 25.7 Å². The molecule has 0 spiro atoms. The Kier molecular flexibility index (Phi) is 4.23. The van der Waals surface area contributed by atoms with Crippen molar-refractivity contribution in [1.82, 2.24) is 30.2 Å². The molecule has 0 fully saturated rings. The fourth-order valence-electron chi connectivity index (χ4n) is 2.45. The molecule has 2 N–H and O–H groups in total. The average molecular weight is 320 g/mol. The van der Waals surface area contributed by atoms with Crippen LogP contribution in [0, 0.1) is 0 Å². The van der Waals surface area contributed by atoms with Crippen molar-refractivity contribution < 1.29 is 9.59 Å². The second kappa shape index (κ2) is 6.30. The smallest absolute Gasteiger partial charge is 0.321 e. The number of aryl methyl sites for hydroxylation is 1. The Hall–Kier alpha value is -2.16. The summed E-state index contributed by atoms with van der Waals surface area (Å²) in [5.74, 6) is 0.340. The molecule has 0 saturated heterocycles. The molecule has 0 bridgehead atoms. The topological polar surface area (TPSA) is 101 Å². The third kappa shape index (κ3) is 2.89. The Morgan fingerprint density at radius 3 is 3.00 bits per heavy atom. The van der Waals surface area contributed by atoms with Crippen molar-refractivity contribution in [3.63, 3.8) is 0 Å². The van der Waals surface area contributed by atoms with Crippen LogP contribution in [0.2, 0.25) is 0 Å². The highest BCUT2D eigenvalue weighted by atomic mass is 32.2. The van der Waals surface area contributed by atoms with E-state index in [9.17, 15) is 9.59 Å². The fourth-order valence-corrected chi connectivity index (χ4v) is 3.44. The van der Waals surface area contributed by atoms with Crippen molar-refractivity contribution in [2.75, 3.05) is 12.8 Å². The van der Waals surface area contributed by atoms with Crippen LogP contribution >= 0.6 is 11.8 Å².